The van der Waals surface area contributed by atoms with Crippen LogP contribution in [0.25, 0.3) is 0 Å². The standard InChI is InChI=1S/C16H24N2O/c1-12(2)16(19)17-9-6-10-18-13(3)11-14-7-4-5-8-15(14)18/h4-5,7-8,12-13H,6,9-11H2,1-3H3,(H,17,19). The van der Waals surface area contributed by atoms with E-state index in [1.807, 2.05) is 13.8 Å². The van der Waals surface area contributed by atoms with E-state index in [1.165, 1.54) is 11.3 Å². The van der Waals surface area contributed by atoms with Crippen molar-refractivity contribution in [1.82, 2.24) is 5.32 Å². The van der Waals surface area contributed by atoms with Crippen molar-refractivity contribution in [1.29, 1.82) is 0 Å². The van der Waals surface area contributed by atoms with Crippen molar-refractivity contribution in [2.24, 2.45) is 5.92 Å². The second kappa shape index (κ2) is 6.09. The number of nitrogens with one attached hydrogen (secondary N) is 1. The first-order valence-electron chi connectivity index (χ1n) is 7.22. The van der Waals surface area contributed by atoms with Gasteiger partial charge >= 0.3 is 0 Å². The molecule has 0 aromatic heterocycles. The third kappa shape index (κ3) is 3.28. The lowest BCUT2D eigenvalue weighted by Crippen LogP contribution is -2.34. The Morgan fingerprint density at radius 3 is 2.89 bits per heavy atom. The van der Waals surface area contributed by atoms with Crippen LogP contribution in [0.3, 0.4) is 0 Å². The van der Waals surface area contributed by atoms with Crippen molar-refractivity contribution in [3.8, 4) is 0 Å². The second-order valence-electron chi connectivity index (χ2n) is 5.67. The van der Waals surface area contributed by atoms with Gasteiger partial charge < -0.3 is 10.2 Å². The van der Waals surface area contributed by atoms with Crippen LogP contribution in [0.15, 0.2) is 24.3 Å². The van der Waals surface area contributed by atoms with Gasteiger partial charge in [-0.1, -0.05) is 32.0 Å². The monoisotopic (exact) mass is 260 g/mol. The first kappa shape index (κ1) is 13.9. The van der Waals surface area contributed by atoms with Crippen molar-refractivity contribution in [2.45, 2.75) is 39.7 Å². The minimum Gasteiger partial charge on any atom is -0.368 e. The molecular weight excluding hydrogens is 236 g/mol. The fourth-order valence-electron chi connectivity index (χ4n) is 2.64. The Labute approximate surface area is 116 Å². The van der Waals surface area contributed by atoms with Gasteiger partial charge in [-0.25, -0.2) is 0 Å². The number of nitrogens with zero attached hydrogens (tertiary/aromatic N) is 1. The SMILES string of the molecule is CC(C)C(=O)NCCCN1c2ccccc2CC1C. The molecule has 1 unspecified atom stereocenters. The minimum atomic E-state index is 0.0754. The summed E-state index contributed by atoms with van der Waals surface area (Å²) in [5.41, 5.74) is 2.81. The first-order chi connectivity index (χ1) is 9.09. The van der Waals surface area contributed by atoms with Crippen molar-refractivity contribution in [2.75, 3.05) is 18.0 Å². The van der Waals surface area contributed by atoms with Crippen molar-refractivity contribution in [3.05, 3.63) is 29.8 Å². The largest absolute Gasteiger partial charge is 0.368 e. The molecule has 0 bridgehead atoms. The van der Waals surface area contributed by atoms with Crippen LogP contribution in [0.1, 0.15) is 32.8 Å². The van der Waals surface area contributed by atoms with Gasteiger partial charge in [0.2, 0.25) is 5.91 Å². The van der Waals surface area contributed by atoms with Crippen LogP contribution in [-0.4, -0.2) is 25.0 Å². The summed E-state index contributed by atoms with van der Waals surface area (Å²) in [5, 5.41) is 2.98. The van der Waals surface area contributed by atoms with Crippen LogP contribution < -0.4 is 10.2 Å². The molecule has 0 radical (unpaired) electrons. The molecule has 1 atom stereocenters. The number of carbonyl (C=O) groups excluding carboxylic acids is 1. The van der Waals surface area contributed by atoms with E-state index in [2.05, 4.69) is 41.4 Å². The highest BCUT2D eigenvalue weighted by molar-refractivity contribution is 5.77. The van der Waals surface area contributed by atoms with Gasteiger partial charge in [-0.3, -0.25) is 4.79 Å². The summed E-state index contributed by atoms with van der Waals surface area (Å²) in [4.78, 5) is 13.9. The van der Waals surface area contributed by atoms with Crippen LogP contribution >= 0.6 is 0 Å². The Morgan fingerprint density at radius 2 is 2.16 bits per heavy atom. The number of hydrogen-bond acceptors (Lipinski definition) is 2. The van der Waals surface area contributed by atoms with E-state index in [1.54, 1.807) is 0 Å². The highest BCUT2D eigenvalue weighted by Gasteiger charge is 2.24. The molecule has 1 aromatic rings. The van der Waals surface area contributed by atoms with Crippen molar-refractivity contribution < 1.29 is 4.79 Å². The summed E-state index contributed by atoms with van der Waals surface area (Å²) in [6, 6.07) is 9.19. The second-order valence-corrected chi connectivity index (χ2v) is 5.67. The molecular formula is C16H24N2O. The van der Waals surface area contributed by atoms with Crippen molar-refractivity contribution in [3.63, 3.8) is 0 Å². The molecule has 0 spiro atoms. The van der Waals surface area contributed by atoms with E-state index in [9.17, 15) is 4.79 Å². The zero-order valence-electron chi connectivity index (χ0n) is 12.1. The van der Waals surface area contributed by atoms with Gasteiger partial charge in [-0.2, -0.15) is 0 Å². The maximum atomic E-state index is 11.5. The average Bonchev–Trinajstić information content (AvgIpc) is 2.70. The molecule has 0 saturated heterocycles. The molecule has 1 aliphatic rings. The van der Waals surface area contributed by atoms with E-state index in [0.717, 1.165) is 25.9 Å². The highest BCUT2D eigenvalue weighted by atomic mass is 16.1. The van der Waals surface area contributed by atoms with Crippen LogP contribution in [0.5, 0.6) is 0 Å². The number of carbonyl (C=O) groups is 1. The normalized spacial score (nSPS) is 17.7. The molecule has 2 rings (SSSR count). The average molecular weight is 260 g/mol. The lowest BCUT2D eigenvalue weighted by molar-refractivity contribution is -0.123. The maximum absolute atomic E-state index is 11.5. The molecule has 0 fully saturated rings. The van der Waals surface area contributed by atoms with Gasteiger partial charge in [0, 0.05) is 30.7 Å². The molecule has 1 aliphatic heterocycles. The number of fused-ring (bicyclic) bond motifs is 1. The van der Waals surface area contributed by atoms with Crippen LogP contribution in [0.4, 0.5) is 5.69 Å². The number of para-hydroxylation sites is 1. The van der Waals surface area contributed by atoms with Crippen molar-refractivity contribution >= 4 is 11.6 Å². The van der Waals surface area contributed by atoms with Gasteiger partial charge in [0.1, 0.15) is 0 Å². The molecule has 3 nitrogen and oxygen atoms in total. The molecule has 0 aliphatic carbocycles. The molecule has 3 heteroatoms. The zero-order valence-corrected chi connectivity index (χ0v) is 12.1. The van der Waals surface area contributed by atoms with Gasteiger partial charge in [0.15, 0.2) is 0 Å². The van der Waals surface area contributed by atoms with Crippen LogP contribution in [0.2, 0.25) is 0 Å². The molecule has 1 aromatic carbocycles. The Bertz CT molecular complexity index is 442. The molecule has 19 heavy (non-hydrogen) atoms. The lowest BCUT2D eigenvalue weighted by atomic mass is 10.1. The van der Waals surface area contributed by atoms with Gasteiger partial charge in [-0.05, 0) is 31.4 Å². The van der Waals surface area contributed by atoms with Crippen LogP contribution in [-0.2, 0) is 11.2 Å². The van der Waals surface area contributed by atoms with Gasteiger partial charge in [0.05, 0.1) is 0 Å². The van der Waals surface area contributed by atoms with E-state index in [4.69, 9.17) is 0 Å². The van der Waals surface area contributed by atoms with E-state index >= 15 is 0 Å². The van der Waals surface area contributed by atoms with Gasteiger partial charge in [0.25, 0.3) is 0 Å². The third-order valence-electron chi connectivity index (χ3n) is 3.75. The number of amides is 1. The van der Waals surface area contributed by atoms with E-state index in [-0.39, 0.29) is 11.8 Å². The highest BCUT2D eigenvalue weighted by Crippen LogP contribution is 2.31. The zero-order chi connectivity index (χ0) is 13.8. The number of hydrogen-bond donors (Lipinski definition) is 1. The number of rotatable bonds is 5. The fourth-order valence-corrected chi connectivity index (χ4v) is 2.64. The summed E-state index contributed by atoms with van der Waals surface area (Å²) in [5.74, 6) is 0.223. The Hall–Kier alpha value is -1.51. The molecule has 1 amide bonds. The van der Waals surface area contributed by atoms with Gasteiger partial charge in [-0.15, -0.1) is 0 Å². The van der Waals surface area contributed by atoms with E-state index in [0.29, 0.717) is 6.04 Å². The summed E-state index contributed by atoms with van der Waals surface area (Å²) < 4.78 is 0. The summed E-state index contributed by atoms with van der Waals surface area (Å²) in [6.45, 7) is 7.90. The Morgan fingerprint density at radius 1 is 1.42 bits per heavy atom. The van der Waals surface area contributed by atoms with Crippen LogP contribution in [0, 0.1) is 5.92 Å². The summed E-state index contributed by atoms with van der Waals surface area (Å²) in [7, 11) is 0. The maximum Gasteiger partial charge on any atom is 0.222 e. The Balaban J connectivity index is 1.82. The van der Waals surface area contributed by atoms with E-state index < -0.39 is 0 Å². The molecule has 104 valence electrons. The minimum absolute atomic E-state index is 0.0754. The smallest absolute Gasteiger partial charge is 0.222 e. The third-order valence-corrected chi connectivity index (χ3v) is 3.75. The quantitative estimate of drug-likeness (QED) is 0.825. The number of benzene rings is 1. The summed E-state index contributed by atoms with van der Waals surface area (Å²) >= 11 is 0. The molecule has 1 heterocycles. The Kier molecular flexibility index (Phi) is 4.46. The molecule has 1 N–H and O–H groups in total. The topological polar surface area (TPSA) is 32.3 Å². The predicted molar refractivity (Wildman–Crippen MR) is 79.4 cm³/mol. The summed E-state index contributed by atoms with van der Waals surface area (Å²) in [6.07, 6.45) is 2.13. The lowest BCUT2D eigenvalue weighted by Gasteiger charge is -2.25. The predicted octanol–water partition coefficient (Wildman–Crippen LogP) is 2.60. The first-order valence-corrected chi connectivity index (χ1v) is 7.22. The number of anilines is 1. The molecule has 0 saturated carbocycles. The fraction of sp³-hybridized carbons (Fsp3) is 0.562.